The first-order chi connectivity index (χ1) is 14.1. The maximum atomic E-state index is 13.6. The molecule has 0 unspecified atom stereocenters. The minimum Gasteiger partial charge on any atom is -0.467 e. The molecule has 4 aromatic rings. The molecule has 4 rings (SSSR count). The third-order valence-corrected chi connectivity index (χ3v) is 5.98. The Bertz CT molecular complexity index is 1290. The third-order valence-electron chi connectivity index (χ3n) is 5.48. The summed E-state index contributed by atoms with van der Waals surface area (Å²) in [5.74, 6) is -0.383. The number of pyridine rings is 1. The van der Waals surface area contributed by atoms with E-state index in [9.17, 15) is 9.59 Å². The van der Waals surface area contributed by atoms with Gasteiger partial charge >= 0.3 is 5.97 Å². The van der Waals surface area contributed by atoms with Gasteiger partial charge in [0.25, 0.3) is 5.56 Å². The molecule has 1 aromatic heterocycles. The number of fused-ring (bicyclic) bond motifs is 5. The van der Waals surface area contributed by atoms with Crippen LogP contribution in [-0.4, -0.2) is 17.6 Å². The molecule has 0 aliphatic heterocycles. The highest BCUT2D eigenvalue weighted by atomic mass is 79.9. The monoisotopic (exact) mass is 451 g/mol. The molecule has 29 heavy (non-hydrogen) atoms. The van der Waals surface area contributed by atoms with Gasteiger partial charge in [-0.3, -0.25) is 9.36 Å². The molecule has 0 aliphatic carbocycles. The predicted molar refractivity (Wildman–Crippen MR) is 121 cm³/mol. The second-order valence-electron chi connectivity index (χ2n) is 7.23. The van der Waals surface area contributed by atoms with E-state index in [4.69, 9.17) is 4.74 Å². The molecule has 1 atom stereocenters. The molecule has 0 N–H and O–H groups in total. The van der Waals surface area contributed by atoms with E-state index in [2.05, 4.69) is 35.0 Å². The molecule has 0 bridgehead atoms. The van der Waals surface area contributed by atoms with Crippen molar-refractivity contribution in [3.63, 3.8) is 0 Å². The molecule has 0 spiro atoms. The molecule has 0 amide bonds. The summed E-state index contributed by atoms with van der Waals surface area (Å²) in [6, 6.07) is 17.1. The minimum atomic E-state index is -0.649. The van der Waals surface area contributed by atoms with Gasteiger partial charge < -0.3 is 4.74 Å². The van der Waals surface area contributed by atoms with Crippen molar-refractivity contribution in [2.45, 2.75) is 32.2 Å². The highest BCUT2D eigenvalue weighted by Gasteiger charge is 2.25. The van der Waals surface area contributed by atoms with Crippen LogP contribution in [0.4, 0.5) is 0 Å². The van der Waals surface area contributed by atoms with Crippen LogP contribution in [0.15, 0.2) is 63.9 Å². The lowest BCUT2D eigenvalue weighted by Gasteiger charge is -2.22. The number of halogens is 1. The molecule has 0 aliphatic rings. The number of aromatic nitrogens is 1. The van der Waals surface area contributed by atoms with Gasteiger partial charge in [-0.25, -0.2) is 4.79 Å². The molecule has 4 nitrogen and oxygen atoms in total. The number of ether oxygens (including phenoxy) is 1. The fourth-order valence-electron chi connectivity index (χ4n) is 4.09. The van der Waals surface area contributed by atoms with Crippen molar-refractivity contribution in [2.75, 3.05) is 7.11 Å². The van der Waals surface area contributed by atoms with Crippen LogP contribution in [0.1, 0.15) is 32.2 Å². The molecular formula is C24H22BrNO3. The van der Waals surface area contributed by atoms with Crippen molar-refractivity contribution < 1.29 is 9.53 Å². The minimum absolute atomic E-state index is 0.165. The zero-order valence-corrected chi connectivity index (χ0v) is 18.0. The summed E-state index contributed by atoms with van der Waals surface area (Å²) >= 11 is 3.54. The third kappa shape index (κ3) is 3.33. The lowest BCUT2D eigenvalue weighted by Crippen LogP contribution is -2.31. The molecular weight excluding hydrogens is 430 g/mol. The number of carbonyl (C=O) groups is 1. The van der Waals surface area contributed by atoms with Crippen molar-refractivity contribution in [3.05, 3.63) is 69.4 Å². The van der Waals surface area contributed by atoms with Gasteiger partial charge in [0.15, 0.2) is 0 Å². The van der Waals surface area contributed by atoms with Gasteiger partial charge in [-0.1, -0.05) is 66.0 Å². The second-order valence-corrected chi connectivity index (χ2v) is 8.14. The Morgan fingerprint density at radius 1 is 1.07 bits per heavy atom. The molecule has 5 heteroatoms. The second kappa shape index (κ2) is 7.99. The van der Waals surface area contributed by atoms with Crippen molar-refractivity contribution >= 4 is 54.3 Å². The summed E-state index contributed by atoms with van der Waals surface area (Å²) in [5.41, 5.74) is 0.590. The first kappa shape index (κ1) is 19.6. The van der Waals surface area contributed by atoms with Crippen molar-refractivity contribution in [1.82, 2.24) is 4.57 Å². The Balaban J connectivity index is 2.20. The average Bonchev–Trinajstić information content (AvgIpc) is 2.74. The van der Waals surface area contributed by atoms with Crippen molar-refractivity contribution in [3.8, 4) is 0 Å². The first-order valence-corrected chi connectivity index (χ1v) is 10.6. The number of hydrogen-bond donors (Lipinski definition) is 0. The van der Waals surface area contributed by atoms with E-state index in [-0.39, 0.29) is 11.5 Å². The van der Waals surface area contributed by atoms with E-state index in [0.29, 0.717) is 11.8 Å². The fourth-order valence-corrected chi connectivity index (χ4v) is 4.45. The smallest absolute Gasteiger partial charge is 0.328 e. The number of benzene rings is 3. The average molecular weight is 452 g/mol. The zero-order chi connectivity index (χ0) is 20.5. The van der Waals surface area contributed by atoms with Crippen molar-refractivity contribution in [1.29, 1.82) is 0 Å². The quantitative estimate of drug-likeness (QED) is 0.277. The summed E-state index contributed by atoms with van der Waals surface area (Å²) in [7, 11) is 1.38. The predicted octanol–water partition coefficient (Wildman–Crippen LogP) is 5.97. The molecule has 1 heterocycles. The normalized spacial score (nSPS) is 12.5. The Labute approximate surface area is 177 Å². The molecule has 0 saturated carbocycles. The lowest BCUT2D eigenvalue weighted by atomic mass is 9.98. The highest BCUT2D eigenvalue weighted by molar-refractivity contribution is 9.10. The number of esters is 1. The summed E-state index contributed by atoms with van der Waals surface area (Å²) < 4.78 is 7.63. The largest absolute Gasteiger partial charge is 0.467 e. The van der Waals surface area contributed by atoms with Crippen LogP contribution in [0, 0.1) is 0 Å². The maximum Gasteiger partial charge on any atom is 0.328 e. The van der Waals surface area contributed by atoms with E-state index in [1.165, 1.54) is 7.11 Å². The number of nitrogens with zero attached hydrogens (tertiary/aromatic N) is 1. The van der Waals surface area contributed by atoms with E-state index in [1.54, 1.807) is 4.57 Å². The molecule has 148 valence electrons. The van der Waals surface area contributed by atoms with Gasteiger partial charge in [0.2, 0.25) is 0 Å². The van der Waals surface area contributed by atoms with E-state index < -0.39 is 6.04 Å². The SMILES string of the molecule is CCCC[C@@H](C(=O)OC)n1c(=O)c2ccc(Br)cc2c2c3ccccc3ccc21. The van der Waals surface area contributed by atoms with Gasteiger partial charge in [0.05, 0.1) is 12.6 Å². The number of carbonyl (C=O) groups excluding carboxylic acids is 1. The molecule has 0 radical (unpaired) electrons. The fraction of sp³-hybridized carbons (Fsp3) is 0.250. The van der Waals surface area contributed by atoms with Gasteiger partial charge in [0.1, 0.15) is 6.04 Å². The van der Waals surface area contributed by atoms with Crippen LogP contribution in [0.25, 0.3) is 32.4 Å². The Morgan fingerprint density at radius 2 is 1.86 bits per heavy atom. The topological polar surface area (TPSA) is 48.3 Å². The standard InChI is InChI=1S/C24H22BrNO3/c1-3-4-9-21(24(28)29-2)26-20-13-10-15-7-5-6-8-17(15)22(20)19-14-16(25)11-12-18(19)23(26)27/h5-8,10-14,21H,3-4,9H2,1-2H3/t21-/m0/s1. The molecule has 0 saturated heterocycles. The van der Waals surface area contributed by atoms with Crippen LogP contribution in [0.2, 0.25) is 0 Å². The maximum absolute atomic E-state index is 13.6. The summed E-state index contributed by atoms with van der Waals surface area (Å²) in [6.45, 7) is 2.07. The van der Waals surface area contributed by atoms with E-state index in [0.717, 1.165) is 44.4 Å². The number of hydrogen-bond acceptors (Lipinski definition) is 3. The van der Waals surface area contributed by atoms with Crippen molar-refractivity contribution in [2.24, 2.45) is 0 Å². The summed E-state index contributed by atoms with van der Waals surface area (Å²) in [4.78, 5) is 26.2. The summed E-state index contributed by atoms with van der Waals surface area (Å²) in [5, 5.41) is 4.61. The number of unbranched alkanes of at least 4 members (excludes halogenated alkanes) is 1. The van der Waals surface area contributed by atoms with Crippen LogP contribution < -0.4 is 5.56 Å². The van der Waals surface area contributed by atoms with Gasteiger partial charge in [-0.05, 0) is 46.8 Å². The zero-order valence-electron chi connectivity index (χ0n) is 16.4. The van der Waals surface area contributed by atoms with Crippen LogP contribution in [0.5, 0.6) is 0 Å². The van der Waals surface area contributed by atoms with Gasteiger partial charge in [-0.2, -0.15) is 0 Å². The number of methoxy groups -OCH3 is 1. The molecule has 0 fully saturated rings. The Morgan fingerprint density at radius 3 is 2.62 bits per heavy atom. The van der Waals surface area contributed by atoms with Crippen LogP contribution in [0.3, 0.4) is 0 Å². The number of rotatable bonds is 5. The Kier molecular flexibility index (Phi) is 5.41. The highest BCUT2D eigenvalue weighted by Crippen LogP contribution is 2.34. The van der Waals surface area contributed by atoms with E-state index >= 15 is 0 Å². The molecule has 3 aromatic carbocycles. The Hall–Kier alpha value is -2.66. The van der Waals surface area contributed by atoms with Gasteiger partial charge in [-0.15, -0.1) is 0 Å². The lowest BCUT2D eigenvalue weighted by molar-refractivity contribution is -0.144. The van der Waals surface area contributed by atoms with Crippen LogP contribution in [-0.2, 0) is 9.53 Å². The first-order valence-electron chi connectivity index (χ1n) is 9.80. The van der Waals surface area contributed by atoms with Crippen LogP contribution >= 0.6 is 15.9 Å². The van der Waals surface area contributed by atoms with Gasteiger partial charge in [0, 0.05) is 15.2 Å². The van der Waals surface area contributed by atoms with E-state index in [1.807, 2.05) is 42.5 Å². The summed E-state index contributed by atoms with van der Waals surface area (Å²) in [6.07, 6.45) is 2.33.